The van der Waals surface area contributed by atoms with Crippen molar-refractivity contribution in [1.82, 2.24) is 15.0 Å². The van der Waals surface area contributed by atoms with E-state index in [1.165, 1.54) is 31.7 Å². The predicted molar refractivity (Wildman–Crippen MR) is 82.5 cm³/mol. The Kier molecular flexibility index (Phi) is 4.50. The van der Waals surface area contributed by atoms with Gasteiger partial charge in [-0.2, -0.15) is 5.26 Å². The maximum Gasteiger partial charge on any atom is 0.231 e. The molecule has 2 aromatic heterocycles. The first-order valence-corrected chi connectivity index (χ1v) is 7.69. The minimum Gasteiger partial charge on any atom is -0.473 e. The fraction of sp³-hybridized carbons (Fsp3) is 0.375. The summed E-state index contributed by atoms with van der Waals surface area (Å²) in [6.45, 7) is 0. The van der Waals surface area contributed by atoms with Crippen LogP contribution in [0, 0.1) is 11.3 Å². The molecule has 22 heavy (non-hydrogen) atoms. The molecule has 0 bridgehead atoms. The average molecular weight is 315 g/mol. The Hall–Kier alpha value is -2.19. The zero-order valence-electron chi connectivity index (χ0n) is 12.0. The second-order valence-corrected chi connectivity index (χ2v) is 5.73. The van der Waals surface area contributed by atoms with Crippen molar-refractivity contribution < 1.29 is 4.74 Å². The van der Waals surface area contributed by atoms with Crippen LogP contribution in [-0.4, -0.2) is 21.1 Å². The van der Waals surface area contributed by atoms with E-state index in [0.29, 0.717) is 27.9 Å². The topological polar surface area (TPSA) is 71.7 Å². The summed E-state index contributed by atoms with van der Waals surface area (Å²) in [5.41, 5.74) is 1.07. The summed E-state index contributed by atoms with van der Waals surface area (Å²) in [5.74, 6) is 0.879. The van der Waals surface area contributed by atoms with Crippen molar-refractivity contribution in [3.8, 4) is 23.3 Å². The number of ether oxygens (including phenoxy) is 1. The van der Waals surface area contributed by atoms with E-state index < -0.39 is 0 Å². The van der Waals surface area contributed by atoms with Gasteiger partial charge in [-0.15, -0.1) is 0 Å². The first kappa shape index (κ1) is 14.7. The molecular formula is C16H15ClN4O. The second-order valence-electron chi connectivity index (χ2n) is 5.29. The molecule has 0 amide bonds. The molecule has 5 nitrogen and oxygen atoms in total. The lowest BCUT2D eigenvalue weighted by molar-refractivity contribution is 0.148. The Morgan fingerprint density at radius 1 is 1.09 bits per heavy atom. The number of pyridine rings is 1. The number of nitriles is 1. The van der Waals surface area contributed by atoms with Gasteiger partial charge in [-0.1, -0.05) is 18.0 Å². The fourth-order valence-corrected chi connectivity index (χ4v) is 2.65. The molecule has 1 saturated carbocycles. The molecule has 0 aliphatic heterocycles. The van der Waals surface area contributed by atoms with E-state index in [2.05, 4.69) is 21.0 Å². The number of nitrogens with zero attached hydrogens (tertiary/aromatic N) is 4. The van der Waals surface area contributed by atoms with Gasteiger partial charge in [-0.3, -0.25) is 0 Å². The van der Waals surface area contributed by atoms with Crippen molar-refractivity contribution in [3.63, 3.8) is 0 Å². The van der Waals surface area contributed by atoms with E-state index in [0.717, 1.165) is 12.8 Å². The quantitative estimate of drug-likeness (QED) is 0.862. The van der Waals surface area contributed by atoms with Gasteiger partial charge < -0.3 is 4.74 Å². The average Bonchev–Trinajstić information content (AvgIpc) is 2.57. The summed E-state index contributed by atoms with van der Waals surface area (Å²) in [5, 5.41) is 9.80. The zero-order valence-corrected chi connectivity index (χ0v) is 12.8. The summed E-state index contributed by atoms with van der Waals surface area (Å²) in [6.07, 6.45) is 10.5. The van der Waals surface area contributed by atoms with E-state index in [1.54, 1.807) is 12.3 Å². The van der Waals surface area contributed by atoms with E-state index in [4.69, 9.17) is 16.3 Å². The minimum absolute atomic E-state index is 0.158. The SMILES string of the molecule is N#Cc1cc(-c2ncc(Cl)cn2)cnc1OC1CCCCC1. The van der Waals surface area contributed by atoms with Crippen molar-refractivity contribution in [2.45, 2.75) is 38.2 Å². The number of halogens is 1. The highest BCUT2D eigenvalue weighted by atomic mass is 35.5. The molecule has 0 unspecified atom stereocenters. The molecule has 2 heterocycles. The van der Waals surface area contributed by atoms with Crippen molar-refractivity contribution in [3.05, 3.63) is 35.2 Å². The van der Waals surface area contributed by atoms with Crippen LogP contribution in [0.3, 0.4) is 0 Å². The van der Waals surface area contributed by atoms with Crippen LogP contribution in [0.2, 0.25) is 5.02 Å². The highest BCUT2D eigenvalue weighted by molar-refractivity contribution is 6.30. The molecule has 2 aromatic rings. The summed E-state index contributed by atoms with van der Waals surface area (Å²) in [7, 11) is 0. The van der Waals surface area contributed by atoms with Crippen LogP contribution in [0.15, 0.2) is 24.7 Å². The molecule has 0 aromatic carbocycles. The van der Waals surface area contributed by atoms with E-state index in [1.807, 2.05) is 0 Å². The molecule has 0 radical (unpaired) electrons. The molecule has 1 aliphatic carbocycles. The molecule has 0 saturated heterocycles. The van der Waals surface area contributed by atoms with Crippen LogP contribution >= 0.6 is 11.6 Å². The maximum absolute atomic E-state index is 9.33. The second kappa shape index (κ2) is 6.71. The summed E-state index contributed by atoms with van der Waals surface area (Å²) < 4.78 is 5.89. The smallest absolute Gasteiger partial charge is 0.231 e. The number of hydrogen-bond acceptors (Lipinski definition) is 5. The number of rotatable bonds is 3. The summed E-state index contributed by atoms with van der Waals surface area (Å²) in [6, 6.07) is 3.84. The third-order valence-electron chi connectivity index (χ3n) is 3.68. The molecule has 1 fully saturated rings. The van der Waals surface area contributed by atoms with Gasteiger partial charge in [0.1, 0.15) is 17.7 Å². The highest BCUT2D eigenvalue weighted by Crippen LogP contribution is 2.26. The van der Waals surface area contributed by atoms with Crippen LogP contribution in [0.25, 0.3) is 11.4 Å². The maximum atomic E-state index is 9.33. The molecule has 0 spiro atoms. The van der Waals surface area contributed by atoms with Gasteiger partial charge in [0.15, 0.2) is 5.82 Å². The van der Waals surface area contributed by atoms with Crippen LogP contribution in [-0.2, 0) is 0 Å². The van der Waals surface area contributed by atoms with Gasteiger partial charge in [0.25, 0.3) is 0 Å². The van der Waals surface area contributed by atoms with Gasteiger partial charge in [-0.05, 0) is 31.7 Å². The van der Waals surface area contributed by atoms with Crippen LogP contribution in [0.1, 0.15) is 37.7 Å². The van der Waals surface area contributed by atoms with Gasteiger partial charge in [0, 0.05) is 24.2 Å². The molecule has 0 atom stereocenters. The monoisotopic (exact) mass is 314 g/mol. The Morgan fingerprint density at radius 3 is 2.50 bits per heavy atom. The predicted octanol–water partition coefficient (Wildman–Crippen LogP) is 3.78. The number of aromatic nitrogens is 3. The van der Waals surface area contributed by atoms with Gasteiger partial charge in [0.2, 0.25) is 5.88 Å². The Morgan fingerprint density at radius 2 is 1.82 bits per heavy atom. The molecule has 0 N–H and O–H groups in total. The lowest BCUT2D eigenvalue weighted by Crippen LogP contribution is -2.20. The third kappa shape index (κ3) is 3.34. The lowest BCUT2D eigenvalue weighted by atomic mass is 9.98. The standard InChI is InChI=1S/C16H15ClN4O/c17-13-9-19-15(20-10-13)12-6-11(7-18)16(21-8-12)22-14-4-2-1-3-5-14/h6,8-10,14H,1-5H2. The molecule has 1 aliphatic rings. The third-order valence-corrected chi connectivity index (χ3v) is 3.88. The molecular weight excluding hydrogens is 300 g/mol. The van der Waals surface area contributed by atoms with Crippen molar-refractivity contribution in [1.29, 1.82) is 5.26 Å². The van der Waals surface area contributed by atoms with Gasteiger partial charge >= 0.3 is 0 Å². The Balaban J connectivity index is 1.84. The van der Waals surface area contributed by atoms with Crippen LogP contribution in [0.5, 0.6) is 5.88 Å². The Labute approximate surface area is 134 Å². The Bertz CT molecular complexity index is 690. The summed E-state index contributed by atoms with van der Waals surface area (Å²) >= 11 is 5.78. The van der Waals surface area contributed by atoms with E-state index >= 15 is 0 Å². The minimum atomic E-state index is 0.158. The molecule has 112 valence electrons. The number of hydrogen-bond donors (Lipinski definition) is 0. The lowest BCUT2D eigenvalue weighted by Gasteiger charge is -2.22. The van der Waals surface area contributed by atoms with E-state index in [9.17, 15) is 5.26 Å². The van der Waals surface area contributed by atoms with Crippen molar-refractivity contribution in [2.24, 2.45) is 0 Å². The largest absolute Gasteiger partial charge is 0.473 e. The van der Waals surface area contributed by atoms with Crippen molar-refractivity contribution >= 4 is 11.6 Å². The molecule has 6 heteroatoms. The fourth-order valence-electron chi connectivity index (χ4n) is 2.55. The first-order chi connectivity index (χ1) is 10.8. The first-order valence-electron chi connectivity index (χ1n) is 7.31. The zero-order chi connectivity index (χ0) is 15.4. The summed E-state index contributed by atoms with van der Waals surface area (Å²) in [4.78, 5) is 12.6. The van der Waals surface area contributed by atoms with Gasteiger partial charge in [-0.25, -0.2) is 15.0 Å². The van der Waals surface area contributed by atoms with Crippen LogP contribution < -0.4 is 4.74 Å². The van der Waals surface area contributed by atoms with E-state index in [-0.39, 0.29) is 6.10 Å². The van der Waals surface area contributed by atoms with Crippen LogP contribution in [0.4, 0.5) is 0 Å². The van der Waals surface area contributed by atoms with Gasteiger partial charge in [0.05, 0.1) is 5.02 Å². The van der Waals surface area contributed by atoms with Crippen molar-refractivity contribution in [2.75, 3.05) is 0 Å². The normalized spacial score (nSPS) is 15.3. The molecule has 3 rings (SSSR count). The highest BCUT2D eigenvalue weighted by Gasteiger charge is 2.18.